The van der Waals surface area contributed by atoms with Crippen LogP contribution in [0.25, 0.3) is 0 Å². The number of hydrogen-bond acceptors (Lipinski definition) is 4. The minimum absolute atomic E-state index is 0.0603. The minimum Gasteiger partial charge on any atom is -0.349 e. The molecule has 7 heteroatoms. The molecule has 0 spiro atoms. The van der Waals surface area contributed by atoms with E-state index >= 15 is 0 Å². The summed E-state index contributed by atoms with van der Waals surface area (Å²) in [6, 6.07) is 3.71. The molecule has 1 saturated heterocycles. The van der Waals surface area contributed by atoms with Crippen LogP contribution >= 0.6 is 11.3 Å². The van der Waals surface area contributed by atoms with Gasteiger partial charge in [-0.2, -0.15) is 0 Å². The van der Waals surface area contributed by atoms with Gasteiger partial charge in [0.1, 0.15) is 0 Å². The van der Waals surface area contributed by atoms with Gasteiger partial charge in [-0.3, -0.25) is 4.79 Å². The standard InChI is InChI=1S/C13H20N2O3S2/c1-2-10-20(17,18)15-7-5-11(6-8-15)14-13(16)12-4-3-9-19-12/h3-4,9,11H,2,5-8,10H2,1H3,(H,14,16). The zero-order valence-electron chi connectivity index (χ0n) is 11.5. The van der Waals surface area contributed by atoms with Crippen molar-refractivity contribution in [2.45, 2.75) is 32.2 Å². The molecule has 1 aromatic rings. The summed E-state index contributed by atoms with van der Waals surface area (Å²) in [6.45, 7) is 2.86. The molecule has 1 aliphatic rings. The Hall–Kier alpha value is -0.920. The molecule has 0 atom stereocenters. The first kappa shape index (κ1) is 15.5. The highest BCUT2D eigenvalue weighted by Gasteiger charge is 2.28. The van der Waals surface area contributed by atoms with Crippen molar-refractivity contribution in [1.29, 1.82) is 0 Å². The predicted octanol–water partition coefficient (Wildman–Crippen LogP) is 1.68. The molecule has 2 heterocycles. The van der Waals surface area contributed by atoms with Crippen LogP contribution in [-0.4, -0.2) is 43.5 Å². The molecule has 0 radical (unpaired) electrons. The molecule has 0 saturated carbocycles. The summed E-state index contributed by atoms with van der Waals surface area (Å²) in [5, 5.41) is 4.85. The maximum Gasteiger partial charge on any atom is 0.261 e. The summed E-state index contributed by atoms with van der Waals surface area (Å²) in [5.41, 5.74) is 0. The van der Waals surface area contributed by atoms with Gasteiger partial charge in [0, 0.05) is 19.1 Å². The van der Waals surface area contributed by atoms with Crippen LogP contribution in [-0.2, 0) is 10.0 Å². The second kappa shape index (κ2) is 6.69. The number of thiophene rings is 1. The second-order valence-electron chi connectivity index (χ2n) is 4.94. The zero-order chi connectivity index (χ0) is 14.6. The van der Waals surface area contributed by atoms with Gasteiger partial charge < -0.3 is 5.32 Å². The molecular formula is C13H20N2O3S2. The van der Waals surface area contributed by atoms with Gasteiger partial charge >= 0.3 is 0 Å². The smallest absolute Gasteiger partial charge is 0.261 e. The lowest BCUT2D eigenvalue weighted by Crippen LogP contribution is -2.46. The van der Waals surface area contributed by atoms with Crippen LogP contribution in [0.3, 0.4) is 0 Å². The average molecular weight is 316 g/mol. The quantitative estimate of drug-likeness (QED) is 0.899. The van der Waals surface area contributed by atoms with Gasteiger partial charge in [0.05, 0.1) is 10.6 Å². The number of amides is 1. The van der Waals surface area contributed by atoms with E-state index in [0.717, 1.165) is 0 Å². The predicted molar refractivity (Wildman–Crippen MR) is 80.5 cm³/mol. The van der Waals surface area contributed by atoms with Crippen LogP contribution in [0.5, 0.6) is 0 Å². The Labute approximate surface area is 124 Å². The Balaban J connectivity index is 1.84. The van der Waals surface area contributed by atoms with Crippen molar-refractivity contribution < 1.29 is 13.2 Å². The maximum absolute atomic E-state index is 11.9. The molecule has 0 bridgehead atoms. The van der Waals surface area contributed by atoms with E-state index in [1.807, 2.05) is 18.4 Å². The van der Waals surface area contributed by atoms with E-state index in [1.54, 1.807) is 10.4 Å². The summed E-state index contributed by atoms with van der Waals surface area (Å²) < 4.78 is 25.4. The van der Waals surface area contributed by atoms with Crippen LogP contribution in [0.4, 0.5) is 0 Å². The molecule has 0 aliphatic carbocycles. The van der Waals surface area contributed by atoms with Crippen molar-refractivity contribution in [3.63, 3.8) is 0 Å². The number of nitrogens with zero attached hydrogens (tertiary/aromatic N) is 1. The fraction of sp³-hybridized carbons (Fsp3) is 0.615. The number of carbonyl (C=O) groups is 1. The number of hydrogen-bond donors (Lipinski definition) is 1. The van der Waals surface area contributed by atoms with Crippen molar-refractivity contribution >= 4 is 27.3 Å². The maximum atomic E-state index is 11.9. The van der Waals surface area contributed by atoms with Gasteiger partial charge in [-0.25, -0.2) is 12.7 Å². The van der Waals surface area contributed by atoms with E-state index in [4.69, 9.17) is 0 Å². The molecule has 1 amide bonds. The van der Waals surface area contributed by atoms with Gasteiger partial charge in [-0.05, 0) is 30.7 Å². The zero-order valence-corrected chi connectivity index (χ0v) is 13.2. The van der Waals surface area contributed by atoms with E-state index < -0.39 is 10.0 Å². The molecule has 20 heavy (non-hydrogen) atoms. The lowest BCUT2D eigenvalue weighted by atomic mass is 10.1. The topological polar surface area (TPSA) is 66.5 Å². The van der Waals surface area contributed by atoms with Crippen molar-refractivity contribution in [3.05, 3.63) is 22.4 Å². The first-order valence-corrected chi connectivity index (χ1v) is 9.34. The fourth-order valence-corrected chi connectivity index (χ4v) is 4.50. The summed E-state index contributed by atoms with van der Waals surface area (Å²) in [6.07, 6.45) is 2.00. The highest BCUT2D eigenvalue weighted by molar-refractivity contribution is 7.89. The second-order valence-corrected chi connectivity index (χ2v) is 7.98. The molecule has 0 unspecified atom stereocenters. The van der Waals surface area contributed by atoms with E-state index in [9.17, 15) is 13.2 Å². The third-order valence-electron chi connectivity index (χ3n) is 3.39. The number of sulfonamides is 1. The van der Waals surface area contributed by atoms with Crippen molar-refractivity contribution in [1.82, 2.24) is 9.62 Å². The van der Waals surface area contributed by atoms with Crippen molar-refractivity contribution in [2.24, 2.45) is 0 Å². The first-order valence-electron chi connectivity index (χ1n) is 6.85. The van der Waals surface area contributed by atoms with Gasteiger partial charge in [-0.15, -0.1) is 11.3 Å². The SMILES string of the molecule is CCCS(=O)(=O)N1CCC(NC(=O)c2cccs2)CC1. The van der Waals surface area contributed by atoms with Gasteiger partial charge in [0.15, 0.2) is 0 Å². The number of piperidine rings is 1. The minimum atomic E-state index is -3.11. The molecular weight excluding hydrogens is 296 g/mol. The Bertz CT molecular complexity index is 532. The Kier molecular flexibility index (Phi) is 5.17. The number of nitrogens with one attached hydrogen (secondary N) is 1. The first-order chi connectivity index (χ1) is 9.53. The Morgan fingerprint density at radius 3 is 2.70 bits per heavy atom. The summed E-state index contributed by atoms with van der Waals surface area (Å²) in [7, 11) is -3.11. The van der Waals surface area contributed by atoms with E-state index in [1.165, 1.54) is 11.3 Å². The molecule has 2 rings (SSSR count). The Morgan fingerprint density at radius 2 is 2.15 bits per heavy atom. The monoisotopic (exact) mass is 316 g/mol. The lowest BCUT2D eigenvalue weighted by Gasteiger charge is -2.31. The van der Waals surface area contributed by atoms with E-state index in [-0.39, 0.29) is 17.7 Å². The molecule has 1 N–H and O–H groups in total. The molecule has 1 fully saturated rings. The van der Waals surface area contributed by atoms with Crippen LogP contribution in [0.15, 0.2) is 17.5 Å². The number of rotatable bonds is 5. The third-order valence-corrected chi connectivity index (χ3v) is 6.33. The molecule has 1 aliphatic heterocycles. The van der Waals surface area contributed by atoms with Gasteiger partial charge in [0.2, 0.25) is 10.0 Å². The van der Waals surface area contributed by atoms with Crippen LogP contribution in [0, 0.1) is 0 Å². The molecule has 112 valence electrons. The van der Waals surface area contributed by atoms with E-state index in [0.29, 0.717) is 37.2 Å². The number of carbonyl (C=O) groups excluding carboxylic acids is 1. The van der Waals surface area contributed by atoms with Crippen molar-refractivity contribution in [3.8, 4) is 0 Å². The largest absolute Gasteiger partial charge is 0.349 e. The lowest BCUT2D eigenvalue weighted by molar-refractivity contribution is 0.0928. The Morgan fingerprint density at radius 1 is 1.45 bits per heavy atom. The van der Waals surface area contributed by atoms with Gasteiger partial charge in [0.25, 0.3) is 5.91 Å². The van der Waals surface area contributed by atoms with Crippen molar-refractivity contribution in [2.75, 3.05) is 18.8 Å². The highest BCUT2D eigenvalue weighted by atomic mass is 32.2. The summed E-state index contributed by atoms with van der Waals surface area (Å²) >= 11 is 1.41. The molecule has 5 nitrogen and oxygen atoms in total. The summed E-state index contributed by atoms with van der Waals surface area (Å²) in [4.78, 5) is 12.6. The van der Waals surface area contributed by atoms with E-state index in [2.05, 4.69) is 5.32 Å². The average Bonchev–Trinajstić information content (AvgIpc) is 2.93. The fourth-order valence-electron chi connectivity index (χ4n) is 2.33. The molecule has 0 aromatic carbocycles. The van der Waals surface area contributed by atoms with Crippen LogP contribution < -0.4 is 5.32 Å². The van der Waals surface area contributed by atoms with Gasteiger partial charge in [-0.1, -0.05) is 13.0 Å². The third kappa shape index (κ3) is 3.80. The molecule has 1 aromatic heterocycles. The van der Waals surface area contributed by atoms with Crippen LogP contribution in [0.1, 0.15) is 35.9 Å². The highest BCUT2D eigenvalue weighted by Crippen LogP contribution is 2.16. The van der Waals surface area contributed by atoms with Crippen LogP contribution in [0.2, 0.25) is 0 Å². The normalized spacial score (nSPS) is 18.1. The summed E-state index contributed by atoms with van der Waals surface area (Å²) in [5.74, 6) is 0.147.